The normalized spacial score (nSPS) is 15.6. The Morgan fingerprint density at radius 3 is 2.55 bits per heavy atom. The molecule has 0 aromatic heterocycles. The van der Waals surface area contributed by atoms with Crippen molar-refractivity contribution in [2.45, 2.75) is 45.7 Å². The van der Waals surface area contributed by atoms with Crippen LogP contribution in [0.1, 0.15) is 32.8 Å². The second-order valence-corrected chi connectivity index (χ2v) is 5.44. The minimum atomic E-state index is -0.329. The van der Waals surface area contributed by atoms with Crippen molar-refractivity contribution in [2.24, 2.45) is 5.92 Å². The highest BCUT2D eigenvalue weighted by molar-refractivity contribution is 5.39. The Hall–Kier alpha value is -1.46. The average molecular weight is 280 g/mol. The van der Waals surface area contributed by atoms with Gasteiger partial charge < -0.3 is 10.4 Å². The summed E-state index contributed by atoms with van der Waals surface area (Å²) in [6.07, 6.45) is 1.50. The molecule has 0 bridgehead atoms. The molecule has 0 saturated heterocycles. The van der Waals surface area contributed by atoms with Crippen molar-refractivity contribution < 1.29 is 10.0 Å². The predicted octanol–water partition coefficient (Wildman–Crippen LogP) is 2.52. The number of benzene rings is 1. The highest BCUT2D eigenvalue weighted by Crippen LogP contribution is 2.19. The van der Waals surface area contributed by atoms with E-state index in [4.69, 9.17) is 5.11 Å². The van der Waals surface area contributed by atoms with Gasteiger partial charge in [0.25, 0.3) is 5.69 Å². The Morgan fingerprint density at radius 2 is 1.95 bits per heavy atom. The van der Waals surface area contributed by atoms with Crippen LogP contribution >= 0.6 is 0 Å². The molecule has 0 amide bonds. The molecule has 112 valence electrons. The molecule has 5 nitrogen and oxygen atoms in total. The Labute approximate surface area is 120 Å². The van der Waals surface area contributed by atoms with Crippen LogP contribution in [0.2, 0.25) is 0 Å². The summed E-state index contributed by atoms with van der Waals surface area (Å²) in [6.45, 7) is 6.26. The van der Waals surface area contributed by atoms with Gasteiger partial charge in [0.1, 0.15) is 0 Å². The highest BCUT2D eigenvalue weighted by atomic mass is 16.6. The lowest BCUT2D eigenvalue weighted by Gasteiger charge is -2.24. The first-order chi connectivity index (χ1) is 9.45. The zero-order chi connectivity index (χ0) is 15.1. The van der Waals surface area contributed by atoms with Gasteiger partial charge in [0.05, 0.1) is 4.92 Å². The maximum absolute atomic E-state index is 10.9. The van der Waals surface area contributed by atoms with Gasteiger partial charge in [0, 0.05) is 30.3 Å². The smallest absolute Gasteiger partial charge is 0.272 e. The molecule has 5 heteroatoms. The molecule has 1 aromatic rings. The number of nitrogens with one attached hydrogen (secondary N) is 1. The Morgan fingerprint density at radius 1 is 1.30 bits per heavy atom. The predicted molar refractivity (Wildman–Crippen MR) is 79.7 cm³/mol. The maximum atomic E-state index is 10.9. The summed E-state index contributed by atoms with van der Waals surface area (Å²) in [5.41, 5.74) is 0.963. The topological polar surface area (TPSA) is 75.4 Å². The Kier molecular flexibility index (Phi) is 6.61. The van der Waals surface area contributed by atoms with E-state index < -0.39 is 0 Å². The fourth-order valence-corrected chi connectivity index (χ4v) is 2.13. The molecule has 0 spiro atoms. The van der Waals surface area contributed by atoms with Crippen LogP contribution in [-0.2, 0) is 6.42 Å². The summed E-state index contributed by atoms with van der Waals surface area (Å²) >= 11 is 0. The highest BCUT2D eigenvalue weighted by Gasteiger charge is 2.16. The molecule has 0 heterocycles. The lowest BCUT2D eigenvalue weighted by molar-refractivity contribution is -0.385. The summed E-state index contributed by atoms with van der Waals surface area (Å²) < 4.78 is 0. The molecule has 1 aromatic carbocycles. The number of hydrogen-bond donors (Lipinski definition) is 2. The third kappa shape index (κ3) is 4.90. The molecule has 3 unspecified atom stereocenters. The van der Waals surface area contributed by atoms with Gasteiger partial charge in [-0.25, -0.2) is 0 Å². The Bertz CT molecular complexity index is 437. The van der Waals surface area contributed by atoms with Crippen LogP contribution in [0.15, 0.2) is 24.3 Å². The van der Waals surface area contributed by atoms with Crippen LogP contribution in [0, 0.1) is 16.0 Å². The number of aliphatic hydroxyl groups excluding tert-OH is 1. The second-order valence-electron chi connectivity index (χ2n) is 5.44. The zero-order valence-electron chi connectivity index (χ0n) is 12.4. The fraction of sp³-hybridized carbons (Fsp3) is 0.600. The largest absolute Gasteiger partial charge is 0.396 e. The van der Waals surface area contributed by atoms with Crippen LogP contribution in [0.25, 0.3) is 0 Å². The summed E-state index contributed by atoms with van der Waals surface area (Å²) in [5, 5.41) is 23.5. The van der Waals surface area contributed by atoms with Gasteiger partial charge >= 0.3 is 0 Å². The van der Waals surface area contributed by atoms with Crippen LogP contribution in [0.3, 0.4) is 0 Å². The molecule has 2 N–H and O–H groups in total. The molecule has 0 aliphatic rings. The zero-order valence-corrected chi connectivity index (χ0v) is 12.4. The minimum Gasteiger partial charge on any atom is -0.396 e. The Balaban J connectivity index is 2.53. The molecule has 0 radical (unpaired) electrons. The van der Waals surface area contributed by atoms with Crippen molar-refractivity contribution >= 4 is 5.69 Å². The second kappa shape index (κ2) is 7.97. The number of hydrogen-bond acceptors (Lipinski definition) is 4. The summed E-state index contributed by atoms with van der Waals surface area (Å²) in [7, 11) is 0. The van der Waals surface area contributed by atoms with Crippen LogP contribution in [-0.4, -0.2) is 28.7 Å². The summed E-state index contributed by atoms with van der Waals surface area (Å²) in [5.74, 6) is 0.198. The van der Waals surface area contributed by atoms with Crippen molar-refractivity contribution in [3.63, 3.8) is 0 Å². The van der Waals surface area contributed by atoms with Crippen molar-refractivity contribution in [3.8, 4) is 0 Å². The van der Waals surface area contributed by atoms with Gasteiger partial charge in [-0.3, -0.25) is 10.1 Å². The van der Waals surface area contributed by atoms with E-state index in [0.29, 0.717) is 6.42 Å². The molecular weight excluding hydrogens is 256 g/mol. The number of aryl methyl sites for hydroxylation is 1. The lowest BCUT2D eigenvalue weighted by atomic mass is 10.0. The van der Waals surface area contributed by atoms with Gasteiger partial charge in [0.15, 0.2) is 0 Å². The van der Waals surface area contributed by atoms with Crippen LogP contribution in [0.4, 0.5) is 5.69 Å². The first-order valence-corrected chi connectivity index (χ1v) is 7.05. The molecule has 0 fully saturated rings. The summed E-state index contributed by atoms with van der Waals surface area (Å²) in [4.78, 5) is 10.6. The van der Waals surface area contributed by atoms with Gasteiger partial charge in [-0.2, -0.15) is 0 Å². The van der Waals surface area contributed by atoms with E-state index in [-0.39, 0.29) is 35.2 Å². The number of aliphatic hydroxyl groups is 1. The van der Waals surface area contributed by atoms with Gasteiger partial charge in [-0.05, 0) is 32.6 Å². The average Bonchev–Trinajstić information content (AvgIpc) is 2.44. The first-order valence-electron chi connectivity index (χ1n) is 7.05. The van der Waals surface area contributed by atoms with Crippen molar-refractivity contribution in [2.75, 3.05) is 6.61 Å². The third-order valence-electron chi connectivity index (χ3n) is 3.72. The van der Waals surface area contributed by atoms with Crippen LogP contribution in [0.5, 0.6) is 0 Å². The molecule has 0 saturated carbocycles. The van der Waals surface area contributed by atoms with Gasteiger partial charge in [0.2, 0.25) is 0 Å². The van der Waals surface area contributed by atoms with Crippen molar-refractivity contribution in [3.05, 3.63) is 39.9 Å². The quantitative estimate of drug-likeness (QED) is 0.567. The maximum Gasteiger partial charge on any atom is 0.272 e. The molecule has 20 heavy (non-hydrogen) atoms. The van der Waals surface area contributed by atoms with Crippen molar-refractivity contribution in [1.82, 2.24) is 5.32 Å². The SMILES string of the molecule is CC(CCc1ccccc1[N+](=O)[O-])NC(C)C(C)CO. The van der Waals surface area contributed by atoms with E-state index in [1.165, 1.54) is 0 Å². The molecular formula is C15H24N2O3. The number of nitro groups is 1. The van der Waals surface area contributed by atoms with E-state index in [1.807, 2.05) is 26.0 Å². The number of rotatable bonds is 8. The number of nitrogens with zero attached hydrogens (tertiary/aromatic N) is 1. The summed E-state index contributed by atoms with van der Waals surface area (Å²) in [6, 6.07) is 7.35. The fourth-order valence-electron chi connectivity index (χ4n) is 2.13. The van der Waals surface area contributed by atoms with E-state index in [0.717, 1.165) is 12.0 Å². The molecule has 0 aliphatic carbocycles. The molecule has 0 aliphatic heterocycles. The van der Waals surface area contributed by atoms with E-state index >= 15 is 0 Å². The van der Waals surface area contributed by atoms with Gasteiger partial charge in [-0.15, -0.1) is 0 Å². The number of nitro benzene ring substituents is 1. The van der Waals surface area contributed by atoms with E-state index in [2.05, 4.69) is 12.2 Å². The standard InChI is InChI=1S/C15H24N2O3/c1-11(10-18)13(3)16-12(2)8-9-14-6-4-5-7-15(14)17(19)20/h4-7,11-13,16,18H,8-10H2,1-3H3. The van der Waals surface area contributed by atoms with Gasteiger partial charge in [-0.1, -0.05) is 25.1 Å². The first kappa shape index (κ1) is 16.6. The molecule has 3 atom stereocenters. The van der Waals surface area contributed by atoms with E-state index in [9.17, 15) is 10.1 Å². The van der Waals surface area contributed by atoms with Crippen molar-refractivity contribution in [1.29, 1.82) is 0 Å². The third-order valence-corrected chi connectivity index (χ3v) is 3.72. The molecule has 1 rings (SSSR count). The van der Waals surface area contributed by atoms with E-state index in [1.54, 1.807) is 12.1 Å². The van der Waals surface area contributed by atoms with Crippen LogP contribution < -0.4 is 5.32 Å². The minimum absolute atomic E-state index is 0.158. The monoisotopic (exact) mass is 280 g/mol. The number of para-hydroxylation sites is 1. The lowest BCUT2D eigenvalue weighted by Crippen LogP contribution is -2.40.